The van der Waals surface area contributed by atoms with Crippen LogP contribution < -0.4 is 0 Å². The highest BCUT2D eigenvalue weighted by molar-refractivity contribution is 5.94. The minimum Gasteiger partial charge on any atom is -0.388 e. The van der Waals surface area contributed by atoms with Crippen LogP contribution >= 0.6 is 0 Å². The molecule has 0 unspecified atom stereocenters. The molecule has 2 saturated heterocycles. The number of aliphatic hydroxyl groups is 2. The Morgan fingerprint density at radius 1 is 1.27 bits per heavy atom. The Morgan fingerprint density at radius 2 is 1.91 bits per heavy atom. The van der Waals surface area contributed by atoms with Gasteiger partial charge in [0.1, 0.15) is 6.10 Å². The van der Waals surface area contributed by atoms with E-state index in [0.29, 0.717) is 37.9 Å². The molecule has 5 heteroatoms. The zero-order valence-electron chi connectivity index (χ0n) is 12.9. The van der Waals surface area contributed by atoms with E-state index in [1.165, 1.54) is 0 Å². The number of likely N-dealkylation sites (tertiary alicyclic amines) is 1. The summed E-state index contributed by atoms with van der Waals surface area (Å²) in [6.07, 6.45) is 0.944. The van der Waals surface area contributed by atoms with E-state index in [4.69, 9.17) is 4.74 Å². The highest BCUT2D eigenvalue weighted by Crippen LogP contribution is 2.39. The van der Waals surface area contributed by atoms with Crippen molar-refractivity contribution in [1.82, 2.24) is 4.90 Å². The molecular weight excluding hydrogens is 282 g/mol. The topological polar surface area (TPSA) is 70.0 Å². The van der Waals surface area contributed by atoms with Gasteiger partial charge in [0.15, 0.2) is 0 Å². The van der Waals surface area contributed by atoms with Gasteiger partial charge in [-0.15, -0.1) is 0 Å². The summed E-state index contributed by atoms with van der Waals surface area (Å²) >= 11 is 0. The quantitative estimate of drug-likeness (QED) is 0.818. The van der Waals surface area contributed by atoms with Gasteiger partial charge in [0, 0.05) is 25.1 Å². The van der Waals surface area contributed by atoms with Gasteiger partial charge < -0.3 is 19.8 Å². The number of hydrogen-bond donors (Lipinski definition) is 2. The third kappa shape index (κ3) is 2.89. The zero-order valence-corrected chi connectivity index (χ0v) is 12.9. The minimum atomic E-state index is -1.12. The zero-order chi connectivity index (χ0) is 15.8. The van der Waals surface area contributed by atoms with Crippen LogP contribution in [0.25, 0.3) is 0 Å². The maximum atomic E-state index is 12.4. The van der Waals surface area contributed by atoms with Gasteiger partial charge in [0.2, 0.25) is 0 Å². The van der Waals surface area contributed by atoms with Crippen molar-refractivity contribution in [3.63, 3.8) is 0 Å². The van der Waals surface area contributed by atoms with Crippen molar-refractivity contribution in [3.8, 4) is 0 Å². The molecule has 5 nitrogen and oxygen atoms in total. The molecule has 1 aromatic rings. The number of nitrogens with zero attached hydrogens (tertiary/aromatic N) is 1. The van der Waals surface area contributed by atoms with E-state index >= 15 is 0 Å². The summed E-state index contributed by atoms with van der Waals surface area (Å²) in [7, 11) is 0. The highest BCUT2D eigenvalue weighted by Gasteiger charge is 2.48. The molecule has 2 heterocycles. The van der Waals surface area contributed by atoms with Crippen molar-refractivity contribution in [2.75, 3.05) is 19.7 Å². The number of rotatable bonds is 1. The monoisotopic (exact) mass is 305 g/mol. The highest BCUT2D eigenvalue weighted by atomic mass is 16.5. The van der Waals surface area contributed by atoms with Crippen LogP contribution in [-0.4, -0.2) is 58.0 Å². The van der Waals surface area contributed by atoms with E-state index in [2.05, 4.69) is 0 Å². The Balaban J connectivity index is 1.64. The van der Waals surface area contributed by atoms with Crippen molar-refractivity contribution in [1.29, 1.82) is 0 Å². The predicted molar refractivity (Wildman–Crippen MR) is 81.5 cm³/mol. The molecule has 0 bridgehead atoms. The second-order valence-electron chi connectivity index (χ2n) is 6.70. The first-order valence-electron chi connectivity index (χ1n) is 7.81. The number of piperidine rings is 1. The number of hydrogen-bond acceptors (Lipinski definition) is 4. The first-order valence-corrected chi connectivity index (χ1v) is 7.81. The fourth-order valence-electron chi connectivity index (χ4n) is 3.46. The molecular formula is C17H23NO4. The van der Waals surface area contributed by atoms with Crippen molar-refractivity contribution in [2.45, 2.75) is 43.5 Å². The Labute approximate surface area is 130 Å². The molecule has 0 aromatic heterocycles. The molecule has 2 fully saturated rings. The van der Waals surface area contributed by atoms with Crippen LogP contribution in [0.15, 0.2) is 30.3 Å². The largest absolute Gasteiger partial charge is 0.388 e. The lowest BCUT2D eigenvalue weighted by atomic mass is 9.76. The summed E-state index contributed by atoms with van der Waals surface area (Å²) in [6.45, 7) is 3.03. The fraction of sp³-hybridized carbons (Fsp3) is 0.588. The van der Waals surface area contributed by atoms with Gasteiger partial charge in [-0.25, -0.2) is 0 Å². The van der Waals surface area contributed by atoms with Gasteiger partial charge in [-0.3, -0.25) is 4.79 Å². The number of carbonyl (C=O) groups excluding carboxylic acids is 1. The van der Waals surface area contributed by atoms with E-state index in [9.17, 15) is 15.0 Å². The second kappa shape index (κ2) is 5.65. The van der Waals surface area contributed by atoms with Crippen LogP contribution in [0.2, 0.25) is 0 Å². The van der Waals surface area contributed by atoms with E-state index in [0.717, 1.165) is 0 Å². The summed E-state index contributed by atoms with van der Waals surface area (Å²) in [6, 6.07) is 9.27. The van der Waals surface area contributed by atoms with E-state index in [1.54, 1.807) is 6.92 Å². The first kappa shape index (κ1) is 15.5. The lowest BCUT2D eigenvalue weighted by molar-refractivity contribution is -0.221. The normalized spacial score (nSPS) is 31.2. The average molecular weight is 305 g/mol. The molecule has 1 spiro atoms. The third-order valence-corrected chi connectivity index (χ3v) is 4.93. The summed E-state index contributed by atoms with van der Waals surface area (Å²) in [5, 5.41) is 20.1. The summed E-state index contributed by atoms with van der Waals surface area (Å²) in [5.74, 6) is 0.0399. The second-order valence-corrected chi connectivity index (χ2v) is 6.70. The molecule has 22 heavy (non-hydrogen) atoms. The fourth-order valence-corrected chi connectivity index (χ4v) is 3.46. The van der Waals surface area contributed by atoms with Crippen molar-refractivity contribution in [3.05, 3.63) is 35.9 Å². The van der Waals surface area contributed by atoms with Crippen LogP contribution in [0.5, 0.6) is 0 Å². The van der Waals surface area contributed by atoms with Crippen molar-refractivity contribution in [2.24, 2.45) is 0 Å². The summed E-state index contributed by atoms with van der Waals surface area (Å²) in [5.41, 5.74) is -0.842. The molecule has 0 radical (unpaired) electrons. The van der Waals surface area contributed by atoms with Crippen LogP contribution in [0.4, 0.5) is 0 Å². The predicted octanol–water partition coefficient (Wildman–Crippen LogP) is 1.19. The van der Waals surface area contributed by atoms with Crippen molar-refractivity contribution < 1.29 is 19.7 Å². The number of benzene rings is 1. The maximum Gasteiger partial charge on any atom is 0.253 e. The Morgan fingerprint density at radius 3 is 2.50 bits per heavy atom. The van der Waals surface area contributed by atoms with Gasteiger partial charge in [0.05, 0.1) is 17.8 Å². The lowest BCUT2D eigenvalue weighted by Gasteiger charge is -2.49. The van der Waals surface area contributed by atoms with Gasteiger partial charge in [-0.1, -0.05) is 18.2 Å². The molecule has 0 saturated carbocycles. The molecule has 0 aliphatic carbocycles. The van der Waals surface area contributed by atoms with Crippen LogP contribution in [-0.2, 0) is 4.74 Å². The molecule has 1 aromatic carbocycles. The van der Waals surface area contributed by atoms with Crippen LogP contribution in [0.1, 0.15) is 36.5 Å². The smallest absolute Gasteiger partial charge is 0.253 e. The van der Waals surface area contributed by atoms with Crippen LogP contribution in [0, 0.1) is 0 Å². The first-order chi connectivity index (χ1) is 10.4. The summed E-state index contributed by atoms with van der Waals surface area (Å²) in [4.78, 5) is 14.3. The lowest BCUT2D eigenvalue weighted by Crippen LogP contribution is -2.59. The molecule has 120 valence electrons. The molecule has 2 N–H and O–H groups in total. The number of amides is 1. The number of ether oxygens (including phenoxy) is 1. The Hall–Kier alpha value is -1.43. The summed E-state index contributed by atoms with van der Waals surface area (Å²) < 4.78 is 5.84. The molecule has 2 atom stereocenters. The Kier molecular flexibility index (Phi) is 3.97. The van der Waals surface area contributed by atoms with Gasteiger partial charge in [-0.05, 0) is 31.9 Å². The third-order valence-electron chi connectivity index (χ3n) is 4.93. The molecule has 1 amide bonds. The number of aliphatic hydroxyl groups excluding tert-OH is 1. The molecule has 3 rings (SSSR count). The average Bonchev–Trinajstić information content (AvgIpc) is 2.52. The van der Waals surface area contributed by atoms with E-state index in [1.807, 2.05) is 35.2 Å². The van der Waals surface area contributed by atoms with Gasteiger partial charge in [0.25, 0.3) is 5.91 Å². The SMILES string of the molecule is C[C@]1(O)CC2(CCN(C(=O)c3ccccc3)CC2)OC[C@@H]1O. The molecule has 2 aliphatic heterocycles. The van der Waals surface area contributed by atoms with E-state index < -0.39 is 17.3 Å². The maximum absolute atomic E-state index is 12.4. The van der Waals surface area contributed by atoms with Gasteiger partial charge >= 0.3 is 0 Å². The minimum absolute atomic E-state index is 0.0399. The Bertz CT molecular complexity index is 535. The van der Waals surface area contributed by atoms with E-state index in [-0.39, 0.29) is 12.5 Å². The standard InChI is InChI=1S/C17H23NO4/c1-16(21)12-17(22-11-14(16)19)7-9-18(10-8-17)15(20)13-5-3-2-4-6-13/h2-6,14,19,21H,7-12H2,1H3/t14-,16-/m0/s1. The van der Waals surface area contributed by atoms with Crippen LogP contribution in [0.3, 0.4) is 0 Å². The van der Waals surface area contributed by atoms with Crippen molar-refractivity contribution >= 4 is 5.91 Å². The molecule has 2 aliphatic rings. The number of carbonyl (C=O) groups is 1. The van der Waals surface area contributed by atoms with Gasteiger partial charge in [-0.2, -0.15) is 0 Å².